The van der Waals surface area contributed by atoms with Crippen molar-refractivity contribution in [1.82, 2.24) is 4.98 Å². The highest BCUT2D eigenvalue weighted by Crippen LogP contribution is 2.21. The van der Waals surface area contributed by atoms with Gasteiger partial charge in [0.05, 0.1) is 5.52 Å². The standard InChI is InChI=1S/C17H12FNO/c1-11-10-12(18)6-7-13(11)17(20)15-8-9-19-16-5-3-2-4-14(15)16/h2-10H,1H3. The van der Waals surface area contributed by atoms with Gasteiger partial charge in [0.2, 0.25) is 0 Å². The van der Waals surface area contributed by atoms with Gasteiger partial charge in [-0.2, -0.15) is 0 Å². The highest BCUT2D eigenvalue weighted by Gasteiger charge is 2.15. The van der Waals surface area contributed by atoms with Crippen LogP contribution in [0.15, 0.2) is 54.7 Å². The largest absolute Gasteiger partial charge is 0.289 e. The van der Waals surface area contributed by atoms with Crippen LogP contribution in [-0.4, -0.2) is 10.8 Å². The minimum absolute atomic E-state index is 0.110. The maximum Gasteiger partial charge on any atom is 0.194 e. The summed E-state index contributed by atoms with van der Waals surface area (Å²) in [5, 5.41) is 0.809. The Hall–Kier alpha value is -2.55. The molecule has 0 aliphatic rings. The van der Waals surface area contributed by atoms with Crippen LogP contribution in [-0.2, 0) is 0 Å². The van der Waals surface area contributed by atoms with Crippen LogP contribution in [0.4, 0.5) is 4.39 Å². The number of aromatic nitrogens is 1. The van der Waals surface area contributed by atoms with Gasteiger partial charge in [0, 0.05) is 22.7 Å². The molecule has 0 saturated heterocycles. The molecule has 0 N–H and O–H groups in total. The summed E-state index contributed by atoms with van der Waals surface area (Å²) < 4.78 is 13.1. The molecule has 0 saturated carbocycles. The van der Waals surface area contributed by atoms with Gasteiger partial charge in [-0.25, -0.2) is 4.39 Å². The van der Waals surface area contributed by atoms with Crippen molar-refractivity contribution < 1.29 is 9.18 Å². The molecule has 3 rings (SSSR count). The third-order valence-corrected chi connectivity index (χ3v) is 3.33. The Morgan fingerprint density at radius 2 is 1.85 bits per heavy atom. The van der Waals surface area contributed by atoms with Gasteiger partial charge >= 0.3 is 0 Å². The summed E-state index contributed by atoms with van der Waals surface area (Å²) in [5.74, 6) is -0.445. The first-order valence-electron chi connectivity index (χ1n) is 6.31. The van der Waals surface area contributed by atoms with Crippen LogP contribution >= 0.6 is 0 Å². The van der Waals surface area contributed by atoms with Gasteiger partial charge in [0.15, 0.2) is 5.78 Å². The highest BCUT2D eigenvalue weighted by atomic mass is 19.1. The molecule has 0 radical (unpaired) electrons. The number of carbonyl (C=O) groups is 1. The number of hydrogen-bond donors (Lipinski definition) is 0. The Morgan fingerprint density at radius 1 is 1.05 bits per heavy atom. The molecule has 1 heterocycles. The van der Waals surface area contributed by atoms with Crippen molar-refractivity contribution in [3.05, 3.63) is 77.2 Å². The molecule has 0 unspecified atom stereocenters. The Bertz CT molecular complexity index is 806. The van der Waals surface area contributed by atoms with Gasteiger partial charge in [-0.15, -0.1) is 0 Å². The van der Waals surface area contributed by atoms with Crippen LogP contribution in [0.2, 0.25) is 0 Å². The maximum atomic E-state index is 13.1. The van der Waals surface area contributed by atoms with Gasteiger partial charge < -0.3 is 0 Å². The zero-order valence-corrected chi connectivity index (χ0v) is 10.9. The van der Waals surface area contributed by atoms with Crippen LogP contribution in [0, 0.1) is 12.7 Å². The summed E-state index contributed by atoms with van der Waals surface area (Å²) in [6, 6.07) is 13.4. The second-order valence-electron chi connectivity index (χ2n) is 4.66. The number of nitrogens with zero attached hydrogens (tertiary/aromatic N) is 1. The van der Waals surface area contributed by atoms with Crippen LogP contribution in [0.5, 0.6) is 0 Å². The number of benzene rings is 2. The number of rotatable bonds is 2. The number of ketones is 1. The van der Waals surface area contributed by atoms with Crippen LogP contribution in [0.3, 0.4) is 0 Å². The maximum absolute atomic E-state index is 13.1. The van der Waals surface area contributed by atoms with Gasteiger partial charge in [0.1, 0.15) is 5.82 Å². The fourth-order valence-corrected chi connectivity index (χ4v) is 2.32. The topological polar surface area (TPSA) is 30.0 Å². The smallest absolute Gasteiger partial charge is 0.194 e. The van der Waals surface area contributed by atoms with Crippen molar-refractivity contribution in [2.45, 2.75) is 6.92 Å². The molecule has 0 spiro atoms. The van der Waals surface area contributed by atoms with E-state index in [-0.39, 0.29) is 11.6 Å². The van der Waals surface area contributed by atoms with Crippen molar-refractivity contribution >= 4 is 16.7 Å². The lowest BCUT2D eigenvalue weighted by atomic mass is 9.97. The number of halogens is 1. The fraction of sp³-hybridized carbons (Fsp3) is 0.0588. The van der Waals surface area contributed by atoms with Crippen molar-refractivity contribution in [1.29, 1.82) is 0 Å². The summed E-state index contributed by atoms with van der Waals surface area (Å²) in [7, 11) is 0. The predicted molar refractivity (Wildman–Crippen MR) is 76.3 cm³/mol. The molecule has 2 nitrogen and oxygen atoms in total. The second-order valence-corrected chi connectivity index (χ2v) is 4.66. The molecule has 0 amide bonds. The number of hydrogen-bond acceptors (Lipinski definition) is 2. The number of fused-ring (bicyclic) bond motifs is 1. The SMILES string of the molecule is Cc1cc(F)ccc1C(=O)c1ccnc2ccccc12. The average Bonchev–Trinajstić information content (AvgIpc) is 2.46. The van der Waals surface area contributed by atoms with Gasteiger partial charge in [-0.1, -0.05) is 18.2 Å². The first-order valence-corrected chi connectivity index (χ1v) is 6.31. The van der Waals surface area contributed by atoms with Crippen LogP contribution < -0.4 is 0 Å². The third kappa shape index (κ3) is 2.07. The molecule has 2 aromatic carbocycles. The molecule has 0 aliphatic carbocycles. The van der Waals surface area contributed by atoms with E-state index in [1.165, 1.54) is 18.2 Å². The van der Waals surface area contributed by atoms with Crippen molar-refractivity contribution in [3.63, 3.8) is 0 Å². The van der Waals surface area contributed by atoms with E-state index in [2.05, 4.69) is 4.98 Å². The minimum atomic E-state index is -0.335. The van der Waals surface area contributed by atoms with E-state index < -0.39 is 0 Å². The number of aryl methyl sites for hydroxylation is 1. The van der Waals surface area contributed by atoms with Crippen molar-refractivity contribution in [2.75, 3.05) is 0 Å². The zero-order valence-electron chi connectivity index (χ0n) is 10.9. The average molecular weight is 265 g/mol. The molecule has 1 aromatic heterocycles. The molecule has 3 aromatic rings. The predicted octanol–water partition coefficient (Wildman–Crippen LogP) is 3.91. The summed E-state index contributed by atoms with van der Waals surface area (Å²) >= 11 is 0. The summed E-state index contributed by atoms with van der Waals surface area (Å²) in [5.41, 5.74) is 2.52. The van der Waals surface area contributed by atoms with Crippen LogP contribution in [0.1, 0.15) is 21.5 Å². The van der Waals surface area contributed by atoms with E-state index in [4.69, 9.17) is 0 Å². The third-order valence-electron chi connectivity index (χ3n) is 3.33. The lowest BCUT2D eigenvalue weighted by molar-refractivity contribution is 0.103. The Morgan fingerprint density at radius 3 is 2.65 bits per heavy atom. The van der Waals surface area contributed by atoms with Gasteiger partial charge in [0.25, 0.3) is 0 Å². The van der Waals surface area contributed by atoms with Crippen molar-refractivity contribution in [2.24, 2.45) is 0 Å². The van der Waals surface area contributed by atoms with Gasteiger partial charge in [-0.3, -0.25) is 9.78 Å². The summed E-state index contributed by atoms with van der Waals surface area (Å²) in [6.07, 6.45) is 1.62. The monoisotopic (exact) mass is 265 g/mol. The highest BCUT2D eigenvalue weighted by molar-refractivity contribution is 6.16. The van der Waals surface area contributed by atoms with E-state index >= 15 is 0 Å². The summed E-state index contributed by atoms with van der Waals surface area (Å²) in [4.78, 5) is 16.9. The first-order chi connectivity index (χ1) is 9.66. The summed E-state index contributed by atoms with van der Waals surface area (Å²) in [6.45, 7) is 1.74. The molecule has 0 bridgehead atoms. The molecule has 0 fully saturated rings. The van der Waals surface area contributed by atoms with E-state index in [0.717, 1.165) is 10.9 Å². The quantitative estimate of drug-likeness (QED) is 0.657. The molecule has 0 atom stereocenters. The van der Waals surface area contributed by atoms with Crippen LogP contribution in [0.25, 0.3) is 10.9 Å². The van der Waals surface area contributed by atoms with E-state index in [0.29, 0.717) is 16.7 Å². The zero-order chi connectivity index (χ0) is 14.1. The van der Waals surface area contributed by atoms with E-state index in [1.807, 2.05) is 24.3 Å². The number of carbonyl (C=O) groups excluding carboxylic acids is 1. The lowest BCUT2D eigenvalue weighted by Gasteiger charge is -2.07. The minimum Gasteiger partial charge on any atom is -0.289 e. The Kier molecular flexibility index (Phi) is 3.03. The molecule has 98 valence electrons. The fourth-order valence-electron chi connectivity index (χ4n) is 2.32. The molecular weight excluding hydrogens is 253 g/mol. The normalized spacial score (nSPS) is 10.7. The Labute approximate surface area is 115 Å². The molecular formula is C17H12FNO. The lowest BCUT2D eigenvalue weighted by Crippen LogP contribution is -2.05. The van der Waals surface area contributed by atoms with E-state index in [1.54, 1.807) is 19.2 Å². The van der Waals surface area contributed by atoms with Crippen molar-refractivity contribution in [3.8, 4) is 0 Å². The van der Waals surface area contributed by atoms with Gasteiger partial charge in [-0.05, 0) is 42.8 Å². The number of para-hydroxylation sites is 1. The first kappa shape index (κ1) is 12.5. The molecule has 0 aliphatic heterocycles. The van der Waals surface area contributed by atoms with E-state index in [9.17, 15) is 9.18 Å². The Balaban J connectivity index is 2.18. The molecule has 20 heavy (non-hydrogen) atoms. The second kappa shape index (κ2) is 4.85. The number of pyridine rings is 1. The molecule has 3 heteroatoms.